The van der Waals surface area contributed by atoms with Crippen molar-refractivity contribution < 1.29 is 4.80 Å². The molecule has 0 aliphatic heterocycles. The Labute approximate surface area is 64.9 Å². The van der Waals surface area contributed by atoms with Gasteiger partial charge in [0.25, 0.3) is 0 Å². The third kappa shape index (κ3) is 4.93. The molecule has 0 aromatic carbocycles. The van der Waals surface area contributed by atoms with Gasteiger partial charge in [-0.1, -0.05) is 13.3 Å². The van der Waals surface area contributed by atoms with Crippen molar-refractivity contribution in [2.24, 2.45) is 5.73 Å². The molecular weight excluding hydrogens is 144 g/mol. The van der Waals surface area contributed by atoms with Crippen molar-refractivity contribution >= 4 is 9.04 Å². The number of nitrogens with two attached hydrogens (primary N) is 1. The van der Waals surface area contributed by atoms with Gasteiger partial charge in [-0.25, -0.2) is 0 Å². The highest BCUT2D eigenvalue weighted by molar-refractivity contribution is 6.50. The fraction of sp³-hybridized carbons (Fsp3) is 1.00. The van der Waals surface area contributed by atoms with Crippen molar-refractivity contribution in [3.63, 3.8) is 0 Å². The van der Waals surface area contributed by atoms with E-state index in [1.807, 2.05) is 6.55 Å². The molecule has 0 aliphatic carbocycles. The molecule has 0 aromatic rings. The summed E-state index contributed by atoms with van der Waals surface area (Å²) >= 11 is 0. The molecule has 64 valence electrons. The minimum Gasteiger partial charge on any atom is -0.435 e. The Morgan fingerprint density at radius 2 is 2.10 bits per heavy atom. The molecule has 0 amide bonds. The first-order valence-corrected chi connectivity index (χ1v) is 5.94. The van der Waals surface area contributed by atoms with Gasteiger partial charge in [-0.2, -0.15) is 0 Å². The van der Waals surface area contributed by atoms with E-state index in [2.05, 4.69) is 6.92 Å². The minimum absolute atomic E-state index is 0. The monoisotopic (exact) mass is 164 g/mol. The van der Waals surface area contributed by atoms with Crippen molar-refractivity contribution in [1.82, 2.24) is 6.15 Å². The first-order valence-electron chi connectivity index (χ1n) is 3.60. The second kappa shape index (κ2) is 7.21. The van der Waals surface area contributed by atoms with Gasteiger partial charge in [0.05, 0.1) is 0 Å². The first-order chi connectivity index (χ1) is 4.22. The average Bonchev–Trinajstić information content (AvgIpc) is 1.82. The summed E-state index contributed by atoms with van der Waals surface area (Å²) in [6.45, 7) is 4.79. The third-order valence-electron chi connectivity index (χ3n) is 1.74. The fourth-order valence-electron chi connectivity index (χ4n) is 1.00. The summed E-state index contributed by atoms with van der Waals surface area (Å²) in [5, 5.41) is 0. The molecule has 0 radical (unpaired) electrons. The zero-order valence-corrected chi connectivity index (χ0v) is 8.16. The summed E-state index contributed by atoms with van der Waals surface area (Å²) in [5.41, 5.74) is 5.89. The summed E-state index contributed by atoms with van der Waals surface area (Å²) in [5.74, 6) is 0. The highest BCUT2D eigenvalue weighted by Gasteiger charge is 2.12. The van der Waals surface area contributed by atoms with Crippen molar-refractivity contribution in [3.05, 3.63) is 0 Å². The van der Waals surface area contributed by atoms with Crippen LogP contribution in [0.5, 0.6) is 0 Å². The van der Waals surface area contributed by atoms with E-state index in [0.717, 1.165) is 19.4 Å². The Kier molecular flexibility index (Phi) is 9.19. The van der Waals surface area contributed by atoms with Crippen LogP contribution < -0.4 is 11.9 Å². The topological polar surface area (TPSA) is 81.2 Å². The highest BCUT2D eigenvalue weighted by Crippen LogP contribution is 2.16. The Hall–Kier alpha value is 0.0969. The van der Waals surface area contributed by atoms with Crippen molar-refractivity contribution in [1.29, 1.82) is 0 Å². The van der Waals surface area contributed by atoms with Crippen molar-refractivity contribution in [2.75, 3.05) is 6.54 Å². The van der Waals surface area contributed by atoms with Gasteiger partial charge in [0.1, 0.15) is 0 Å². The van der Waals surface area contributed by atoms with Gasteiger partial charge in [-0.05, 0) is 25.1 Å². The Balaban J connectivity index is 0. The van der Waals surface area contributed by atoms with Crippen LogP contribution in [0.4, 0.5) is 0 Å². The molecule has 0 fully saturated rings. The fourth-order valence-corrected chi connectivity index (χ4v) is 2.36. The van der Waals surface area contributed by atoms with E-state index in [1.54, 1.807) is 0 Å². The quantitative estimate of drug-likeness (QED) is 0.533. The summed E-state index contributed by atoms with van der Waals surface area (Å²) in [7, 11) is -1.38. The molecule has 0 aliphatic rings. The van der Waals surface area contributed by atoms with Crippen LogP contribution in [0.3, 0.4) is 0 Å². The summed E-state index contributed by atoms with van der Waals surface area (Å²) in [6.07, 6.45) is 2.08. The highest BCUT2D eigenvalue weighted by atomic mass is 28.3. The molecule has 0 heterocycles. The molecule has 0 spiro atoms. The third-order valence-corrected chi connectivity index (χ3v) is 3.91. The van der Waals surface area contributed by atoms with Crippen molar-refractivity contribution in [3.8, 4) is 0 Å². The zero-order valence-electron chi connectivity index (χ0n) is 7.01. The molecule has 3 nitrogen and oxygen atoms in total. The minimum atomic E-state index is -1.38. The lowest BCUT2D eigenvalue weighted by molar-refractivity contribution is 0.532. The second-order valence-electron chi connectivity index (χ2n) is 2.49. The van der Waals surface area contributed by atoms with E-state index < -0.39 is 9.04 Å². The molecule has 10 heavy (non-hydrogen) atoms. The molecular formula is C6H20N2OSi. The molecule has 2 atom stereocenters. The van der Waals surface area contributed by atoms with E-state index in [1.165, 1.54) is 0 Å². The van der Waals surface area contributed by atoms with Crippen LogP contribution in [0, 0.1) is 0 Å². The number of hydrogen-bond acceptors (Lipinski definition) is 3. The van der Waals surface area contributed by atoms with Gasteiger partial charge in [0.15, 0.2) is 9.04 Å². The Morgan fingerprint density at radius 1 is 1.60 bits per heavy atom. The SMILES string of the molecule is CCC(CCN)[SiH](C)O.N. The maximum absolute atomic E-state index is 9.23. The number of rotatable bonds is 4. The van der Waals surface area contributed by atoms with Crippen LogP contribution in [0.25, 0.3) is 0 Å². The molecule has 4 heteroatoms. The molecule has 0 saturated heterocycles. The van der Waals surface area contributed by atoms with E-state index >= 15 is 0 Å². The molecule has 0 saturated carbocycles. The van der Waals surface area contributed by atoms with Gasteiger partial charge in [-0.15, -0.1) is 0 Å². The van der Waals surface area contributed by atoms with E-state index in [0.29, 0.717) is 5.54 Å². The van der Waals surface area contributed by atoms with Crippen LogP contribution in [0.1, 0.15) is 19.8 Å². The zero-order chi connectivity index (χ0) is 7.28. The maximum atomic E-state index is 9.23. The van der Waals surface area contributed by atoms with E-state index in [9.17, 15) is 4.80 Å². The summed E-state index contributed by atoms with van der Waals surface area (Å²) in [4.78, 5) is 9.23. The lowest BCUT2D eigenvalue weighted by Crippen LogP contribution is -2.18. The largest absolute Gasteiger partial charge is 0.435 e. The molecule has 0 bridgehead atoms. The molecule has 0 aromatic heterocycles. The average molecular weight is 164 g/mol. The van der Waals surface area contributed by atoms with E-state index in [-0.39, 0.29) is 6.15 Å². The maximum Gasteiger partial charge on any atom is 0.172 e. The first kappa shape index (κ1) is 12.7. The standard InChI is InChI=1S/C6H17NOSi.H3N/c1-3-6(4-5-7)9(2)8;/h6,8-9H,3-5,7H2,1-2H3;1H3. The van der Waals surface area contributed by atoms with Crippen LogP contribution in [0.15, 0.2) is 0 Å². The summed E-state index contributed by atoms with van der Waals surface area (Å²) < 4.78 is 0. The van der Waals surface area contributed by atoms with Gasteiger partial charge in [0, 0.05) is 0 Å². The van der Waals surface area contributed by atoms with E-state index in [4.69, 9.17) is 5.73 Å². The molecule has 0 rings (SSSR count). The number of hydrogen-bond donors (Lipinski definition) is 3. The van der Waals surface area contributed by atoms with Crippen LogP contribution >= 0.6 is 0 Å². The molecule has 6 N–H and O–H groups in total. The van der Waals surface area contributed by atoms with Gasteiger partial charge >= 0.3 is 0 Å². The molecule has 2 unspecified atom stereocenters. The second-order valence-corrected chi connectivity index (χ2v) is 4.91. The van der Waals surface area contributed by atoms with Gasteiger partial charge in [-0.3, -0.25) is 0 Å². The van der Waals surface area contributed by atoms with Crippen LogP contribution in [-0.2, 0) is 0 Å². The van der Waals surface area contributed by atoms with Gasteiger partial charge in [0.2, 0.25) is 0 Å². The normalized spacial score (nSPS) is 15.6. The van der Waals surface area contributed by atoms with Gasteiger partial charge < -0.3 is 16.7 Å². The van der Waals surface area contributed by atoms with Crippen LogP contribution in [0.2, 0.25) is 12.1 Å². The predicted octanol–water partition coefficient (Wildman–Crippen LogP) is 0.623. The van der Waals surface area contributed by atoms with Crippen molar-refractivity contribution in [2.45, 2.75) is 31.9 Å². The Bertz CT molecular complexity index is 70.8. The summed E-state index contributed by atoms with van der Waals surface area (Å²) in [6, 6.07) is 0. The Morgan fingerprint density at radius 3 is 2.20 bits per heavy atom. The lowest BCUT2D eigenvalue weighted by Gasteiger charge is -2.14. The van der Waals surface area contributed by atoms with Crippen LogP contribution in [-0.4, -0.2) is 20.4 Å². The lowest BCUT2D eigenvalue weighted by atomic mass is 10.2. The smallest absolute Gasteiger partial charge is 0.172 e. The predicted molar refractivity (Wildman–Crippen MR) is 48.0 cm³/mol.